The average molecular weight is 225 g/mol. The maximum Gasteiger partial charge on any atom is 0.181 e. The second kappa shape index (κ2) is 4.67. The van der Waals surface area contributed by atoms with Crippen LogP contribution in [-0.4, -0.2) is 18.8 Å². The topological polar surface area (TPSA) is 76.1 Å². The van der Waals surface area contributed by atoms with Gasteiger partial charge in [-0.1, -0.05) is 0 Å². The summed E-state index contributed by atoms with van der Waals surface area (Å²) in [5.41, 5.74) is 6.37. The number of halogens is 1. The summed E-state index contributed by atoms with van der Waals surface area (Å²) < 4.78 is 4.98. The summed E-state index contributed by atoms with van der Waals surface area (Å²) in [7, 11) is 1.42. The lowest BCUT2D eigenvalue weighted by Gasteiger charge is -2.08. The Morgan fingerprint density at radius 1 is 1.67 bits per heavy atom. The van der Waals surface area contributed by atoms with E-state index in [1.807, 2.05) is 6.07 Å². The van der Waals surface area contributed by atoms with Crippen molar-refractivity contribution in [3.8, 4) is 11.8 Å². The quantitative estimate of drug-likeness (QED) is 0.480. The van der Waals surface area contributed by atoms with Crippen LogP contribution in [0, 0.1) is 11.3 Å². The fourth-order valence-corrected chi connectivity index (χ4v) is 1.30. The number of nitrogen functional groups attached to an aromatic ring is 1. The normalized spacial score (nSPS) is 9.40. The SMILES string of the molecule is COc1cc(N)c(C#N)cc1C(=O)CCl. The number of carbonyl (C=O) groups excluding carboxylic acids is 1. The lowest BCUT2D eigenvalue weighted by atomic mass is 10.1. The number of carbonyl (C=O) groups is 1. The summed E-state index contributed by atoms with van der Waals surface area (Å²) in [4.78, 5) is 11.4. The number of hydrogen-bond donors (Lipinski definition) is 1. The molecule has 0 aromatic heterocycles. The van der Waals surface area contributed by atoms with Gasteiger partial charge in [0.2, 0.25) is 0 Å². The Bertz CT molecular complexity index is 438. The molecule has 0 unspecified atom stereocenters. The molecule has 4 nitrogen and oxygen atoms in total. The maximum atomic E-state index is 11.4. The van der Waals surface area contributed by atoms with Gasteiger partial charge in [-0.25, -0.2) is 0 Å². The highest BCUT2D eigenvalue weighted by molar-refractivity contribution is 6.30. The number of nitrogens with zero attached hydrogens (tertiary/aromatic N) is 1. The molecule has 0 spiro atoms. The first-order chi connectivity index (χ1) is 7.13. The van der Waals surface area contributed by atoms with Crippen LogP contribution in [0.3, 0.4) is 0 Å². The van der Waals surface area contributed by atoms with Crippen LogP contribution in [0.15, 0.2) is 12.1 Å². The smallest absolute Gasteiger partial charge is 0.181 e. The second-order valence-corrected chi connectivity index (χ2v) is 3.08. The van der Waals surface area contributed by atoms with Crippen LogP contribution in [0.5, 0.6) is 5.75 Å². The average Bonchev–Trinajstić information content (AvgIpc) is 2.27. The Morgan fingerprint density at radius 3 is 2.80 bits per heavy atom. The van der Waals surface area contributed by atoms with Crippen LogP contribution < -0.4 is 10.5 Å². The minimum absolute atomic E-state index is 0.162. The third kappa shape index (κ3) is 2.20. The summed E-state index contributed by atoms with van der Waals surface area (Å²) >= 11 is 5.43. The van der Waals surface area contributed by atoms with Crippen LogP contribution in [-0.2, 0) is 0 Å². The van der Waals surface area contributed by atoms with Crippen molar-refractivity contribution in [1.29, 1.82) is 5.26 Å². The van der Waals surface area contributed by atoms with E-state index in [1.54, 1.807) is 0 Å². The second-order valence-electron chi connectivity index (χ2n) is 2.81. The van der Waals surface area contributed by atoms with Gasteiger partial charge in [0.1, 0.15) is 11.8 Å². The maximum absolute atomic E-state index is 11.4. The number of Topliss-reactive ketones (excluding diaryl/α,β-unsaturated/α-hetero) is 1. The van der Waals surface area contributed by atoms with Gasteiger partial charge < -0.3 is 10.5 Å². The summed E-state index contributed by atoms with van der Waals surface area (Å²) in [6.07, 6.45) is 0. The molecule has 0 saturated carbocycles. The molecule has 1 rings (SSSR count). The summed E-state index contributed by atoms with van der Waals surface area (Å²) in [5.74, 6) is -0.132. The molecule has 15 heavy (non-hydrogen) atoms. The largest absolute Gasteiger partial charge is 0.496 e. The zero-order valence-electron chi connectivity index (χ0n) is 8.08. The van der Waals surface area contributed by atoms with Crippen LogP contribution >= 0.6 is 11.6 Å². The van der Waals surface area contributed by atoms with Crippen molar-refractivity contribution in [2.75, 3.05) is 18.7 Å². The van der Waals surface area contributed by atoms with Crippen molar-refractivity contribution in [1.82, 2.24) is 0 Å². The van der Waals surface area contributed by atoms with Gasteiger partial charge >= 0.3 is 0 Å². The van der Waals surface area contributed by atoms with Gasteiger partial charge in [0.15, 0.2) is 5.78 Å². The molecule has 78 valence electrons. The van der Waals surface area contributed by atoms with E-state index in [4.69, 9.17) is 27.3 Å². The first kappa shape index (κ1) is 11.3. The number of ether oxygens (including phenoxy) is 1. The van der Waals surface area contributed by atoms with Crippen LogP contribution in [0.2, 0.25) is 0 Å². The number of nitriles is 1. The van der Waals surface area contributed by atoms with E-state index < -0.39 is 0 Å². The van der Waals surface area contributed by atoms with E-state index >= 15 is 0 Å². The Kier molecular flexibility index (Phi) is 3.53. The summed E-state index contributed by atoms with van der Waals surface area (Å²) in [6.45, 7) is 0. The van der Waals surface area contributed by atoms with Crippen molar-refractivity contribution in [2.45, 2.75) is 0 Å². The van der Waals surface area contributed by atoms with Gasteiger partial charge in [0.05, 0.1) is 29.8 Å². The summed E-state index contributed by atoms with van der Waals surface area (Å²) in [5, 5.41) is 8.75. The van der Waals surface area contributed by atoms with Crippen molar-refractivity contribution in [3.63, 3.8) is 0 Å². The minimum Gasteiger partial charge on any atom is -0.496 e. The van der Waals surface area contributed by atoms with Crippen molar-refractivity contribution >= 4 is 23.1 Å². The molecule has 0 bridgehead atoms. The van der Waals surface area contributed by atoms with E-state index in [0.29, 0.717) is 5.75 Å². The standard InChI is InChI=1S/C10H9ClN2O2/c1-15-10-3-8(13)6(5-12)2-7(10)9(14)4-11/h2-3H,4,13H2,1H3. The summed E-state index contributed by atoms with van der Waals surface area (Å²) in [6, 6.07) is 4.72. The van der Waals surface area contributed by atoms with Gasteiger partial charge in [0, 0.05) is 6.07 Å². The molecular formula is C10H9ClN2O2. The Balaban J connectivity index is 3.36. The van der Waals surface area contributed by atoms with Gasteiger partial charge in [-0.15, -0.1) is 11.6 Å². The molecule has 1 aromatic rings. The fourth-order valence-electron chi connectivity index (χ4n) is 1.15. The predicted octanol–water partition coefficient (Wildman–Crippen LogP) is 1.57. The lowest BCUT2D eigenvalue weighted by molar-refractivity contribution is 0.101. The van der Waals surface area contributed by atoms with Gasteiger partial charge in [-0.2, -0.15) is 5.26 Å². The monoisotopic (exact) mass is 224 g/mol. The van der Waals surface area contributed by atoms with Crippen LogP contribution in [0.4, 0.5) is 5.69 Å². The molecule has 5 heteroatoms. The minimum atomic E-state index is -0.301. The van der Waals surface area contributed by atoms with Crippen LogP contribution in [0.1, 0.15) is 15.9 Å². The van der Waals surface area contributed by atoms with E-state index in [1.165, 1.54) is 19.2 Å². The Hall–Kier alpha value is -1.73. The molecule has 2 N–H and O–H groups in total. The molecule has 0 aliphatic rings. The predicted molar refractivity (Wildman–Crippen MR) is 57.2 cm³/mol. The molecule has 0 amide bonds. The number of nitrogens with two attached hydrogens (primary N) is 1. The number of benzene rings is 1. The van der Waals surface area contributed by atoms with E-state index in [-0.39, 0.29) is 28.5 Å². The lowest BCUT2D eigenvalue weighted by Crippen LogP contribution is -2.05. The number of rotatable bonds is 3. The molecule has 0 aliphatic heterocycles. The Morgan fingerprint density at radius 2 is 2.33 bits per heavy atom. The van der Waals surface area contributed by atoms with Gasteiger partial charge in [-0.05, 0) is 6.07 Å². The number of alkyl halides is 1. The van der Waals surface area contributed by atoms with Crippen molar-refractivity contribution in [2.24, 2.45) is 0 Å². The third-order valence-corrected chi connectivity index (χ3v) is 2.16. The molecule has 0 fully saturated rings. The highest BCUT2D eigenvalue weighted by atomic mass is 35.5. The van der Waals surface area contributed by atoms with E-state index in [2.05, 4.69) is 0 Å². The third-order valence-electron chi connectivity index (χ3n) is 1.91. The zero-order valence-corrected chi connectivity index (χ0v) is 8.84. The van der Waals surface area contributed by atoms with Crippen molar-refractivity contribution in [3.05, 3.63) is 23.3 Å². The first-order valence-corrected chi connectivity index (χ1v) is 4.64. The number of hydrogen-bond acceptors (Lipinski definition) is 4. The number of ketones is 1. The number of methoxy groups -OCH3 is 1. The van der Waals surface area contributed by atoms with Gasteiger partial charge in [0.25, 0.3) is 0 Å². The highest BCUT2D eigenvalue weighted by Gasteiger charge is 2.14. The molecular weight excluding hydrogens is 216 g/mol. The van der Waals surface area contributed by atoms with Gasteiger partial charge in [-0.3, -0.25) is 4.79 Å². The molecule has 0 aliphatic carbocycles. The van der Waals surface area contributed by atoms with Crippen LogP contribution in [0.25, 0.3) is 0 Å². The Labute approximate surface area is 92.2 Å². The molecule has 0 saturated heterocycles. The fraction of sp³-hybridized carbons (Fsp3) is 0.200. The van der Waals surface area contributed by atoms with Crippen molar-refractivity contribution < 1.29 is 9.53 Å². The van der Waals surface area contributed by atoms with E-state index in [0.717, 1.165) is 0 Å². The number of anilines is 1. The zero-order chi connectivity index (χ0) is 11.4. The molecule has 0 atom stereocenters. The molecule has 0 heterocycles. The molecule has 1 aromatic carbocycles. The highest BCUT2D eigenvalue weighted by Crippen LogP contribution is 2.25. The molecule has 0 radical (unpaired) electrons. The first-order valence-electron chi connectivity index (χ1n) is 4.10. The van der Waals surface area contributed by atoms with E-state index in [9.17, 15) is 4.79 Å².